The van der Waals surface area contributed by atoms with Gasteiger partial charge >= 0.3 is 0 Å². The van der Waals surface area contributed by atoms with E-state index >= 15 is 0 Å². The quantitative estimate of drug-likeness (QED) is 0.814. The SMILES string of the molecule is CCC(=O)c1cccc(S(=O)(=O)Nc2ccc(C)c3c2CC=C3C#N)c1. The van der Waals surface area contributed by atoms with Gasteiger partial charge in [-0.3, -0.25) is 9.52 Å². The number of nitrogens with zero attached hydrogens (tertiary/aromatic N) is 1. The van der Waals surface area contributed by atoms with Crippen molar-refractivity contribution >= 4 is 27.1 Å². The molecule has 0 bridgehead atoms. The Morgan fingerprint density at radius 2 is 2.04 bits per heavy atom. The average molecular weight is 366 g/mol. The second kappa shape index (κ2) is 6.77. The van der Waals surface area contributed by atoms with Crippen molar-refractivity contribution in [3.8, 4) is 6.07 Å². The molecule has 3 rings (SSSR count). The molecule has 0 aromatic heterocycles. The number of aryl methyl sites for hydroxylation is 1. The molecular weight excluding hydrogens is 348 g/mol. The Balaban J connectivity index is 1.99. The summed E-state index contributed by atoms with van der Waals surface area (Å²) in [7, 11) is -3.84. The zero-order chi connectivity index (χ0) is 18.9. The largest absolute Gasteiger partial charge is 0.294 e. The number of allylic oxidation sites excluding steroid dienone is 2. The van der Waals surface area contributed by atoms with Crippen molar-refractivity contribution in [2.75, 3.05) is 4.72 Å². The van der Waals surface area contributed by atoms with Crippen molar-refractivity contribution in [3.05, 3.63) is 64.7 Å². The number of benzene rings is 2. The Kier molecular flexibility index (Phi) is 4.66. The third-order valence-corrected chi connectivity index (χ3v) is 5.82. The van der Waals surface area contributed by atoms with Gasteiger partial charge in [-0.2, -0.15) is 5.26 Å². The third-order valence-electron chi connectivity index (χ3n) is 4.45. The second-order valence-corrected chi connectivity index (χ2v) is 7.81. The minimum absolute atomic E-state index is 0.0394. The van der Waals surface area contributed by atoms with Crippen LogP contribution < -0.4 is 4.72 Å². The number of fused-ring (bicyclic) bond motifs is 1. The molecule has 0 saturated heterocycles. The van der Waals surface area contributed by atoms with E-state index in [0.717, 1.165) is 16.7 Å². The van der Waals surface area contributed by atoms with Crippen molar-refractivity contribution in [3.63, 3.8) is 0 Å². The lowest BCUT2D eigenvalue weighted by Crippen LogP contribution is -2.15. The molecule has 0 heterocycles. The lowest BCUT2D eigenvalue weighted by molar-refractivity contribution is 0.0988. The monoisotopic (exact) mass is 366 g/mol. The van der Waals surface area contributed by atoms with Gasteiger partial charge in [0, 0.05) is 17.5 Å². The molecule has 0 fully saturated rings. The molecule has 0 amide bonds. The van der Waals surface area contributed by atoms with E-state index in [1.165, 1.54) is 12.1 Å². The highest BCUT2D eigenvalue weighted by Crippen LogP contribution is 2.35. The molecule has 0 unspecified atom stereocenters. The topological polar surface area (TPSA) is 87.0 Å². The van der Waals surface area contributed by atoms with Crippen LogP contribution in [0.2, 0.25) is 0 Å². The van der Waals surface area contributed by atoms with Gasteiger partial charge in [0.05, 0.1) is 22.2 Å². The molecule has 2 aromatic carbocycles. The number of carbonyl (C=O) groups excluding carboxylic acids is 1. The number of carbonyl (C=O) groups is 1. The van der Waals surface area contributed by atoms with E-state index in [9.17, 15) is 18.5 Å². The van der Waals surface area contributed by atoms with Gasteiger partial charge in [0.15, 0.2) is 5.78 Å². The van der Waals surface area contributed by atoms with Gasteiger partial charge in [0.25, 0.3) is 10.0 Å². The van der Waals surface area contributed by atoms with Gasteiger partial charge in [0.1, 0.15) is 0 Å². The maximum Gasteiger partial charge on any atom is 0.261 e. The molecular formula is C20H18N2O3S. The van der Waals surface area contributed by atoms with Crippen LogP contribution in [0.3, 0.4) is 0 Å². The van der Waals surface area contributed by atoms with Gasteiger partial charge in [-0.05, 0) is 42.7 Å². The molecule has 132 valence electrons. The van der Waals surface area contributed by atoms with Crippen molar-refractivity contribution in [1.29, 1.82) is 5.26 Å². The van der Waals surface area contributed by atoms with Crippen molar-refractivity contribution < 1.29 is 13.2 Å². The Morgan fingerprint density at radius 3 is 2.73 bits per heavy atom. The minimum Gasteiger partial charge on any atom is -0.294 e. The highest BCUT2D eigenvalue weighted by molar-refractivity contribution is 7.92. The van der Waals surface area contributed by atoms with Gasteiger partial charge in [-0.1, -0.05) is 31.2 Å². The van der Waals surface area contributed by atoms with Crippen molar-refractivity contribution in [2.24, 2.45) is 0 Å². The van der Waals surface area contributed by atoms with Gasteiger partial charge < -0.3 is 0 Å². The first-order chi connectivity index (χ1) is 12.4. The first-order valence-electron chi connectivity index (χ1n) is 8.26. The fourth-order valence-electron chi connectivity index (χ4n) is 3.10. The van der Waals surface area contributed by atoms with Crippen LogP contribution in [0.5, 0.6) is 0 Å². The summed E-state index contributed by atoms with van der Waals surface area (Å²) in [6.07, 6.45) is 2.62. The Labute approximate surface area is 153 Å². The molecule has 0 saturated carbocycles. The molecule has 0 radical (unpaired) electrons. The summed E-state index contributed by atoms with van der Waals surface area (Å²) < 4.78 is 28.2. The Morgan fingerprint density at radius 1 is 1.27 bits per heavy atom. The van der Waals surface area contributed by atoms with Crippen molar-refractivity contribution in [1.82, 2.24) is 0 Å². The molecule has 5 nitrogen and oxygen atoms in total. The van der Waals surface area contributed by atoms with E-state index in [1.807, 2.05) is 6.92 Å². The Bertz CT molecular complexity index is 1080. The molecule has 1 aliphatic rings. The maximum atomic E-state index is 12.8. The molecule has 0 spiro atoms. The predicted octanol–water partition coefficient (Wildman–Crippen LogP) is 3.85. The van der Waals surface area contributed by atoms with Crippen LogP contribution in [-0.4, -0.2) is 14.2 Å². The van der Waals surface area contributed by atoms with Crippen molar-refractivity contribution in [2.45, 2.75) is 31.6 Å². The summed E-state index contributed by atoms with van der Waals surface area (Å²) in [4.78, 5) is 11.9. The molecule has 0 aliphatic heterocycles. The maximum absolute atomic E-state index is 12.8. The fraction of sp³-hybridized carbons (Fsp3) is 0.200. The standard InChI is InChI=1S/C20H18N2O3S/c1-3-19(23)14-5-4-6-16(11-14)26(24,25)22-18-10-7-13(2)20-15(12-21)8-9-17(18)20/h4-8,10-11,22H,3,9H2,1-2H3. The summed E-state index contributed by atoms with van der Waals surface area (Å²) >= 11 is 0. The van der Waals surface area contributed by atoms with Crippen LogP contribution in [0.25, 0.3) is 5.57 Å². The van der Waals surface area contributed by atoms with Crippen LogP contribution in [-0.2, 0) is 16.4 Å². The second-order valence-electron chi connectivity index (χ2n) is 6.13. The van der Waals surface area contributed by atoms with Crippen LogP contribution in [0.1, 0.15) is 40.4 Å². The lowest BCUT2D eigenvalue weighted by Gasteiger charge is -2.14. The van der Waals surface area contributed by atoms with Crippen LogP contribution in [0, 0.1) is 18.3 Å². The first-order valence-corrected chi connectivity index (χ1v) is 9.75. The van der Waals surface area contributed by atoms with E-state index in [0.29, 0.717) is 29.7 Å². The fourth-order valence-corrected chi connectivity index (χ4v) is 4.24. The summed E-state index contributed by atoms with van der Waals surface area (Å²) in [5, 5.41) is 9.26. The first kappa shape index (κ1) is 17.9. The zero-order valence-corrected chi connectivity index (χ0v) is 15.4. The highest BCUT2D eigenvalue weighted by atomic mass is 32.2. The molecule has 0 atom stereocenters. The number of hydrogen-bond donors (Lipinski definition) is 1. The smallest absolute Gasteiger partial charge is 0.261 e. The number of ketones is 1. The molecule has 2 aromatic rings. The normalized spacial score (nSPS) is 12.9. The number of Topliss-reactive ketones (excluding diaryl/α,β-unsaturated/α-hetero) is 1. The van der Waals surface area contributed by atoms with Crippen LogP contribution in [0.4, 0.5) is 5.69 Å². The zero-order valence-electron chi connectivity index (χ0n) is 14.5. The average Bonchev–Trinajstić information content (AvgIpc) is 3.08. The number of anilines is 1. The summed E-state index contributed by atoms with van der Waals surface area (Å²) in [5.41, 5.74) is 3.92. The number of nitrogens with one attached hydrogen (secondary N) is 1. The molecule has 26 heavy (non-hydrogen) atoms. The lowest BCUT2D eigenvalue weighted by atomic mass is 9.99. The van der Waals surface area contributed by atoms with E-state index < -0.39 is 10.0 Å². The van der Waals surface area contributed by atoms with Gasteiger partial charge in [-0.15, -0.1) is 0 Å². The van der Waals surface area contributed by atoms with E-state index in [4.69, 9.17) is 0 Å². The summed E-state index contributed by atoms with van der Waals surface area (Å²) in [6.45, 7) is 3.63. The third kappa shape index (κ3) is 3.14. The molecule has 6 heteroatoms. The number of nitriles is 1. The van der Waals surface area contributed by atoms with Gasteiger partial charge in [0.2, 0.25) is 0 Å². The summed E-state index contributed by atoms with van der Waals surface area (Å²) in [5.74, 6) is -0.110. The summed E-state index contributed by atoms with van der Waals surface area (Å²) in [6, 6.07) is 11.7. The van der Waals surface area contributed by atoms with E-state index in [2.05, 4.69) is 10.8 Å². The van der Waals surface area contributed by atoms with E-state index in [1.54, 1.807) is 37.3 Å². The molecule has 1 N–H and O–H groups in total. The Hall–Kier alpha value is -2.91. The van der Waals surface area contributed by atoms with E-state index in [-0.39, 0.29) is 10.7 Å². The van der Waals surface area contributed by atoms with Gasteiger partial charge in [-0.25, -0.2) is 8.42 Å². The number of rotatable bonds is 5. The number of hydrogen-bond acceptors (Lipinski definition) is 4. The predicted molar refractivity (Wildman–Crippen MR) is 100 cm³/mol. The minimum atomic E-state index is -3.84. The van der Waals surface area contributed by atoms with Crippen LogP contribution >= 0.6 is 0 Å². The number of sulfonamides is 1. The van der Waals surface area contributed by atoms with Crippen LogP contribution in [0.15, 0.2) is 47.4 Å². The highest BCUT2D eigenvalue weighted by Gasteiger charge is 2.23. The molecule has 1 aliphatic carbocycles.